The molecule has 0 amide bonds. The molecule has 0 aromatic heterocycles. The summed E-state index contributed by atoms with van der Waals surface area (Å²) in [6, 6.07) is 0. The molecule has 0 saturated carbocycles. The van der Waals surface area contributed by atoms with Crippen LogP contribution in [0.1, 0.15) is 33.6 Å². The van der Waals surface area contributed by atoms with Gasteiger partial charge in [0.05, 0.1) is 0 Å². The van der Waals surface area contributed by atoms with Gasteiger partial charge in [0.15, 0.2) is 0 Å². The summed E-state index contributed by atoms with van der Waals surface area (Å²) in [6.07, 6.45) is 2.00. The number of unbranched alkanes of at least 4 members (excludes halogenated alkanes) is 1. The molecule has 0 rings (SSSR count). The Bertz CT molecular complexity index is 95.8. The van der Waals surface area contributed by atoms with Gasteiger partial charge in [-0.25, -0.2) is 0 Å². The molecule has 0 aliphatic rings. The second-order valence-corrected chi connectivity index (χ2v) is 2.86. The van der Waals surface area contributed by atoms with Crippen LogP contribution in [0.3, 0.4) is 0 Å². The molecular weight excluding hydrogens is 165 g/mol. The van der Waals surface area contributed by atoms with Gasteiger partial charge in [0.1, 0.15) is 6.23 Å². The quantitative estimate of drug-likeness (QED) is 0.513. The van der Waals surface area contributed by atoms with Crippen molar-refractivity contribution in [3.63, 3.8) is 0 Å². The molecule has 0 aromatic carbocycles. The Morgan fingerprint density at radius 2 is 1.91 bits per heavy atom. The van der Waals surface area contributed by atoms with E-state index in [2.05, 4.69) is 18.4 Å². The van der Waals surface area contributed by atoms with E-state index >= 15 is 0 Å². The van der Waals surface area contributed by atoms with Crippen molar-refractivity contribution >= 4 is 8.25 Å². The van der Waals surface area contributed by atoms with Crippen LogP contribution in [0.15, 0.2) is 0 Å². The van der Waals surface area contributed by atoms with Crippen LogP contribution in [-0.4, -0.2) is 11.1 Å². The highest BCUT2D eigenvalue weighted by atomic mass is 31.1. The SMILES string of the molecule is CC(N)O[PH](=O)O.CCCC. The summed E-state index contributed by atoms with van der Waals surface area (Å²) in [6.45, 7) is 5.85. The fraction of sp³-hybridized carbons (Fsp3) is 1.00. The maximum Gasteiger partial charge on any atom is 0.318 e. The zero-order valence-corrected chi connectivity index (χ0v) is 8.33. The largest absolute Gasteiger partial charge is 0.326 e. The Hall–Kier alpha value is 0.110. The molecule has 0 aromatic rings. The smallest absolute Gasteiger partial charge is 0.318 e. The van der Waals surface area contributed by atoms with Crippen LogP contribution in [0.2, 0.25) is 0 Å². The first-order chi connectivity index (χ1) is 5.04. The molecule has 0 aliphatic carbocycles. The van der Waals surface area contributed by atoms with Crippen molar-refractivity contribution < 1.29 is 14.0 Å². The predicted octanol–water partition coefficient (Wildman–Crippen LogP) is 1.50. The molecule has 3 N–H and O–H groups in total. The van der Waals surface area contributed by atoms with Crippen molar-refractivity contribution in [1.29, 1.82) is 0 Å². The van der Waals surface area contributed by atoms with Gasteiger partial charge in [0.25, 0.3) is 0 Å². The molecule has 0 fully saturated rings. The number of nitrogens with two attached hydrogens (primary N) is 1. The lowest BCUT2D eigenvalue weighted by Crippen LogP contribution is -2.14. The van der Waals surface area contributed by atoms with Crippen LogP contribution >= 0.6 is 8.25 Å². The molecule has 4 nitrogen and oxygen atoms in total. The van der Waals surface area contributed by atoms with E-state index in [1.807, 2.05) is 0 Å². The maximum atomic E-state index is 9.69. The first-order valence-electron chi connectivity index (χ1n) is 3.69. The van der Waals surface area contributed by atoms with E-state index < -0.39 is 14.5 Å². The van der Waals surface area contributed by atoms with Gasteiger partial charge in [0, 0.05) is 0 Å². The van der Waals surface area contributed by atoms with Crippen LogP contribution in [0.25, 0.3) is 0 Å². The van der Waals surface area contributed by atoms with Crippen molar-refractivity contribution in [3.8, 4) is 0 Å². The molecule has 2 unspecified atom stereocenters. The lowest BCUT2D eigenvalue weighted by atomic mass is 10.4. The number of rotatable bonds is 3. The molecule has 0 heterocycles. The van der Waals surface area contributed by atoms with E-state index in [4.69, 9.17) is 10.6 Å². The summed E-state index contributed by atoms with van der Waals surface area (Å²) >= 11 is 0. The Morgan fingerprint density at radius 1 is 1.55 bits per heavy atom. The van der Waals surface area contributed by atoms with E-state index in [-0.39, 0.29) is 0 Å². The van der Waals surface area contributed by atoms with E-state index in [9.17, 15) is 4.57 Å². The molecule has 0 bridgehead atoms. The van der Waals surface area contributed by atoms with Crippen LogP contribution in [0.4, 0.5) is 0 Å². The summed E-state index contributed by atoms with van der Waals surface area (Å²) < 4.78 is 13.8. The average Bonchev–Trinajstić information content (AvgIpc) is 1.85. The Morgan fingerprint density at radius 3 is 1.91 bits per heavy atom. The van der Waals surface area contributed by atoms with Gasteiger partial charge in [0.2, 0.25) is 0 Å². The monoisotopic (exact) mass is 183 g/mol. The maximum absolute atomic E-state index is 9.69. The minimum absolute atomic E-state index is 0.642. The van der Waals surface area contributed by atoms with Crippen LogP contribution in [0.5, 0.6) is 0 Å². The van der Waals surface area contributed by atoms with Crippen molar-refractivity contribution in [2.24, 2.45) is 5.73 Å². The highest BCUT2D eigenvalue weighted by molar-refractivity contribution is 7.32. The third kappa shape index (κ3) is 25.5. The Balaban J connectivity index is 0. The molecule has 0 aliphatic heterocycles. The third-order valence-corrected chi connectivity index (χ3v) is 1.36. The first kappa shape index (κ1) is 13.7. The van der Waals surface area contributed by atoms with Crippen LogP contribution in [-0.2, 0) is 9.09 Å². The third-order valence-electron chi connectivity index (χ3n) is 0.787. The van der Waals surface area contributed by atoms with Crippen molar-refractivity contribution in [2.75, 3.05) is 0 Å². The lowest BCUT2D eigenvalue weighted by molar-refractivity contribution is 0.212. The average molecular weight is 183 g/mol. The van der Waals surface area contributed by atoms with Gasteiger partial charge in [-0.1, -0.05) is 26.7 Å². The van der Waals surface area contributed by atoms with Crippen molar-refractivity contribution in [3.05, 3.63) is 0 Å². The standard InChI is InChI=1S/C4H10.C2H8NO3P/c1-3-4-2;1-2(3)6-7(4)5/h3-4H2,1-2H3;2,7H,3H2,1H3,(H,4,5). The van der Waals surface area contributed by atoms with Gasteiger partial charge in [-0.3, -0.25) is 9.09 Å². The summed E-state index contributed by atoms with van der Waals surface area (Å²) in [7, 11) is -2.81. The second-order valence-electron chi connectivity index (χ2n) is 2.09. The molecule has 70 valence electrons. The fourth-order valence-electron chi connectivity index (χ4n) is 0.159. The van der Waals surface area contributed by atoms with Crippen LogP contribution in [0, 0.1) is 0 Å². The number of hydrogen-bond acceptors (Lipinski definition) is 3. The molecular formula is C6H18NO3P. The minimum Gasteiger partial charge on any atom is -0.326 e. The van der Waals surface area contributed by atoms with Gasteiger partial charge in [-0.2, -0.15) is 0 Å². The van der Waals surface area contributed by atoms with Gasteiger partial charge < -0.3 is 10.6 Å². The second kappa shape index (κ2) is 10.1. The summed E-state index contributed by atoms with van der Waals surface area (Å²) in [5, 5.41) is 0. The van der Waals surface area contributed by atoms with Crippen molar-refractivity contribution in [1.82, 2.24) is 0 Å². The summed E-state index contributed by atoms with van der Waals surface area (Å²) in [5.41, 5.74) is 4.94. The molecule has 11 heavy (non-hydrogen) atoms. The normalized spacial score (nSPS) is 14.6. The highest BCUT2D eigenvalue weighted by Crippen LogP contribution is 2.14. The van der Waals surface area contributed by atoms with Crippen LogP contribution < -0.4 is 5.73 Å². The predicted molar refractivity (Wildman–Crippen MR) is 46.5 cm³/mol. The Labute approximate surface area is 68.7 Å². The minimum atomic E-state index is -2.81. The molecule has 0 radical (unpaired) electrons. The molecule has 0 saturated heterocycles. The highest BCUT2D eigenvalue weighted by Gasteiger charge is 1.93. The molecule has 5 heteroatoms. The summed E-state index contributed by atoms with van der Waals surface area (Å²) in [5.74, 6) is 0. The summed E-state index contributed by atoms with van der Waals surface area (Å²) in [4.78, 5) is 7.97. The lowest BCUT2D eigenvalue weighted by Gasteiger charge is -1.99. The Kier molecular flexibility index (Phi) is 12.6. The number of hydrogen-bond donors (Lipinski definition) is 2. The molecule has 0 spiro atoms. The van der Waals surface area contributed by atoms with Gasteiger partial charge in [-0.05, 0) is 6.92 Å². The van der Waals surface area contributed by atoms with Gasteiger partial charge in [-0.15, -0.1) is 0 Å². The van der Waals surface area contributed by atoms with E-state index in [1.54, 1.807) is 0 Å². The van der Waals surface area contributed by atoms with Crippen molar-refractivity contribution in [2.45, 2.75) is 39.8 Å². The fourth-order valence-corrected chi connectivity index (χ4v) is 0.477. The van der Waals surface area contributed by atoms with Gasteiger partial charge >= 0.3 is 8.25 Å². The topological polar surface area (TPSA) is 72.5 Å². The zero-order chi connectivity index (χ0) is 9.28. The van der Waals surface area contributed by atoms with E-state index in [0.717, 1.165) is 0 Å². The zero-order valence-electron chi connectivity index (χ0n) is 7.33. The first-order valence-corrected chi connectivity index (χ1v) is 4.96. The molecule has 2 atom stereocenters. The van der Waals surface area contributed by atoms with E-state index in [0.29, 0.717) is 0 Å². The van der Waals surface area contributed by atoms with E-state index in [1.165, 1.54) is 19.8 Å².